The third kappa shape index (κ3) is 2.09. The fourth-order valence-electron chi connectivity index (χ4n) is 2.04. The minimum absolute atomic E-state index is 0.245. The number of rotatable bonds is 4. The third-order valence-corrected chi connectivity index (χ3v) is 2.97. The molecule has 0 bridgehead atoms. The lowest BCUT2D eigenvalue weighted by molar-refractivity contribution is 0.381. The van der Waals surface area contributed by atoms with Gasteiger partial charge in [0.2, 0.25) is 0 Å². The van der Waals surface area contributed by atoms with E-state index in [1.165, 1.54) is 7.11 Å². The molecule has 0 fully saturated rings. The minimum Gasteiger partial charge on any atom is -0.494 e. The van der Waals surface area contributed by atoms with Crippen molar-refractivity contribution in [2.45, 2.75) is 6.04 Å². The number of hydrogen-bond donors (Lipinski definition) is 1. The van der Waals surface area contributed by atoms with E-state index in [0.717, 1.165) is 5.69 Å². The van der Waals surface area contributed by atoms with E-state index < -0.39 is 0 Å². The second-order valence-electron chi connectivity index (χ2n) is 3.96. The summed E-state index contributed by atoms with van der Waals surface area (Å²) in [6, 6.07) is 6.73. The minimum atomic E-state index is -0.347. The molecule has 4 nitrogen and oxygen atoms in total. The number of benzene rings is 1. The first-order chi connectivity index (χ1) is 8.69. The molecule has 1 unspecified atom stereocenters. The second-order valence-corrected chi connectivity index (χ2v) is 3.96. The molecule has 0 aliphatic carbocycles. The van der Waals surface area contributed by atoms with Gasteiger partial charge in [-0.2, -0.15) is 5.10 Å². The zero-order chi connectivity index (χ0) is 13.1. The molecule has 0 aliphatic heterocycles. The van der Waals surface area contributed by atoms with Crippen LogP contribution in [0.5, 0.6) is 5.75 Å². The molecule has 0 amide bonds. The van der Waals surface area contributed by atoms with Crippen LogP contribution in [0.2, 0.25) is 0 Å². The van der Waals surface area contributed by atoms with Crippen LogP contribution in [0.4, 0.5) is 4.39 Å². The summed E-state index contributed by atoms with van der Waals surface area (Å²) < 4.78 is 21.0. The van der Waals surface area contributed by atoms with Crippen molar-refractivity contribution >= 4 is 0 Å². The van der Waals surface area contributed by atoms with Crippen LogP contribution < -0.4 is 10.1 Å². The van der Waals surface area contributed by atoms with E-state index in [2.05, 4.69) is 10.4 Å². The number of nitrogens with one attached hydrogen (secondary N) is 1. The van der Waals surface area contributed by atoms with Gasteiger partial charge in [-0.25, -0.2) is 4.39 Å². The maximum atomic E-state index is 14.2. The zero-order valence-corrected chi connectivity index (χ0v) is 10.6. The number of aromatic nitrogens is 2. The first kappa shape index (κ1) is 12.6. The van der Waals surface area contributed by atoms with Crippen molar-refractivity contribution in [3.05, 3.63) is 47.5 Å². The Balaban J connectivity index is 2.49. The van der Waals surface area contributed by atoms with Crippen LogP contribution in [0, 0.1) is 5.82 Å². The van der Waals surface area contributed by atoms with E-state index in [1.807, 2.05) is 13.1 Å². The fourth-order valence-corrected chi connectivity index (χ4v) is 2.04. The highest BCUT2D eigenvalue weighted by atomic mass is 19.1. The maximum Gasteiger partial charge on any atom is 0.170 e. The van der Waals surface area contributed by atoms with Gasteiger partial charge in [-0.05, 0) is 19.2 Å². The Kier molecular flexibility index (Phi) is 3.62. The van der Waals surface area contributed by atoms with E-state index in [-0.39, 0.29) is 17.6 Å². The van der Waals surface area contributed by atoms with Crippen LogP contribution in [0.25, 0.3) is 0 Å². The normalized spacial score (nSPS) is 12.4. The Bertz CT molecular complexity index is 539. The molecule has 1 aromatic carbocycles. The molecule has 1 aromatic heterocycles. The number of nitrogens with zero attached hydrogens (tertiary/aromatic N) is 2. The number of aryl methyl sites for hydroxylation is 1. The third-order valence-electron chi connectivity index (χ3n) is 2.97. The van der Waals surface area contributed by atoms with Crippen molar-refractivity contribution < 1.29 is 9.13 Å². The van der Waals surface area contributed by atoms with Crippen molar-refractivity contribution in [3.8, 4) is 5.75 Å². The molecule has 18 heavy (non-hydrogen) atoms. The molecular formula is C13H16FN3O. The van der Waals surface area contributed by atoms with Crippen molar-refractivity contribution in [1.82, 2.24) is 15.1 Å². The van der Waals surface area contributed by atoms with Gasteiger partial charge in [0.25, 0.3) is 0 Å². The van der Waals surface area contributed by atoms with E-state index in [0.29, 0.717) is 5.56 Å². The summed E-state index contributed by atoms with van der Waals surface area (Å²) in [4.78, 5) is 0. The standard InChI is InChI=1S/C13H16FN3O/c1-15-13(10-7-8-16-17(10)2)9-5-4-6-11(18-3)12(9)14/h4-8,13,15H,1-3H3. The van der Waals surface area contributed by atoms with Gasteiger partial charge in [-0.1, -0.05) is 12.1 Å². The summed E-state index contributed by atoms with van der Waals surface area (Å²) in [6.45, 7) is 0. The van der Waals surface area contributed by atoms with Gasteiger partial charge in [0.15, 0.2) is 11.6 Å². The molecule has 2 rings (SSSR count). The summed E-state index contributed by atoms with van der Waals surface area (Å²) in [5.74, 6) is -0.101. The SMILES string of the molecule is CNC(c1cccc(OC)c1F)c1ccnn1C. The molecule has 0 aliphatic rings. The Morgan fingerprint density at radius 2 is 2.17 bits per heavy atom. The number of halogens is 1. The maximum absolute atomic E-state index is 14.2. The average molecular weight is 249 g/mol. The highest BCUT2D eigenvalue weighted by Crippen LogP contribution is 2.28. The topological polar surface area (TPSA) is 39.1 Å². The molecule has 0 saturated heterocycles. The van der Waals surface area contributed by atoms with Gasteiger partial charge in [-0.15, -0.1) is 0 Å². The Morgan fingerprint density at radius 3 is 2.72 bits per heavy atom. The molecule has 1 atom stereocenters. The number of methoxy groups -OCH3 is 1. The van der Waals surface area contributed by atoms with Gasteiger partial charge >= 0.3 is 0 Å². The van der Waals surface area contributed by atoms with E-state index in [4.69, 9.17) is 4.74 Å². The van der Waals surface area contributed by atoms with Crippen LogP contribution >= 0.6 is 0 Å². The number of hydrogen-bond acceptors (Lipinski definition) is 3. The Hall–Kier alpha value is -1.88. The van der Waals surface area contributed by atoms with Crippen molar-refractivity contribution in [2.24, 2.45) is 7.05 Å². The van der Waals surface area contributed by atoms with Gasteiger partial charge in [0.05, 0.1) is 18.8 Å². The average Bonchev–Trinajstić information content (AvgIpc) is 2.79. The molecule has 5 heteroatoms. The molecule has 1 N–H and O–H groups in total. The summed E-state index contributed by atoms with van der Waals surface area (Å²) in [6.07, 6.45) is 1.69. The Labute approximate surface area is 105 Å². The largest absolute Gasteiger partial charge is 0.494 e. The molecule has 0 saturated carbocycles. The first-order valence-corrected chi connectivity index (χ1v) is 5.66. The van der Waals surface area contributed by atoms with Gasteiger partial charge < -0.3 is 10.1 Å². The smallest absolute Gasteiger partial charge is 0.170 e. The molecule has 0 spiro atoms. The van der Waals surface area contributed by atoms with Crippen molar-refractivity contribution in [1.29, 1.82) is 0 Å². The van der Waals surface area contributed by atoms with Crippen LogP contribution in [0.1, 0.15) is 17.3 Å². The lowest BCUT2D eigenvalue weighted by Crippen LogP contribution is -2.21. The highest BCUT2D eigenvalue weighted by Gasteiger charge is 2.20. The lowest BCUT2D eigenvalue weighted by Gasteiger charge is -2.18. The van der Waals surface area contributed by atoms with Gasteiger partial charge in [-0.3, -0.25) is 4.68 Å². The number of ether oxygens (including phenoxy) is 1. The molecule has 96 valence electrons. The van der Waals surface area contributed by atoms with Gasteiger partial charge in [0, 0.05) is 18.8 Å². The van der Waals surface area contributed by atoms with Crippen molar-refractivity contribution in [3.63, 3.8) is 0 Å². The van der Waals surface area contributed by atoms with E-state index >= 15 is 0 Å². The quantitative estimate of drug-likeness (QED) is 0.899. The summed E-state index contributed by atoms with van der Waals surface area (Å²) >= 11 is 0. The van der Waals surface area contributed by atoms with E-state index in [9.17, 15) is 4.39 Å². The first-order valence-electron chi connectivity index (χ1n) is 5.66. The van der Waals surface area contributed by atoms with Crippen LogP contribution in [0.15, 0.2) is 30.5 Å². The van der Waals surface area contributed by atoms with Crippen LogP contribution in [-0.2, 0) is 7.05 Å². The van der Waals surface area contributed by atoms with Crippen LogP contribution in [0.3, 0.4) is 0 Å². The second kappa shape index (κ2) is 5.18. The molecular weight excluding hydrogens is 233 g/mol. The Morgan fingerprint density at radius 1 is 1.39 bits per heavy atom. The monoisotopic (exact) mass is 249 g/mol. The molecule has 1 heterocycles. The predicted octanol–water partition coefficient (Wildman–Crippen LogP) is 1.88. The van der Waals surface area contributed by atoms with Gasteiger partial charge in [0.1, 0.15) is 0 Å². The highest BCUT2D eigenvalue weighted by molar-refractivity contribution is 5.36. The summed E-state index contributed by atoms with van der Waals surface area (Å²) in [7, 11) is 5.08. The lowest BCUT2D eigenvalue weighted by atomic mass is 10.0. The fraction of sp³-hybridized carbons (Fsp3) is 0.308. The van der Waals surface area contributed by atoms with E-state index in [1.54, 1.807) is 36.1 Å². The van der Waals surface area contributed by atoms with Crippen molar-refractivity contribution in [2.75, 3.05) is 14.2 Å². The zero-order valence-electron chi connectivity index (χ0n) is 10.6. The molecule has 0 radical (unpaired) electrons. The predicted molar refractivity (Wildman–Crippen MR) is 67.1 cm³/mol. The summed E-state index contributed by atoms with van der Waals surface area (Å²) in [5.41, 5.74) is 1.44. The summed E-state index contributed by atoms with van der Waals surface area (Å²) in [5, 5.41) is 7.20. The molecule has 2 aromatic rings. The van der Waals surface area contributed by atoms with Crippen LogP contribution in [-0.4, -0.2) is 23.9 Å².